The highest BCUT2D eigenvalue weighted by Gasteiger charge is 2.43. The average molecular weight is 453 g/mol. The first kappa shape index (κ1) is 25.7. The maximum Gasteiger partial charge on any atom is 0.319 e. The molecule has 1 aromatic rings. The largest absolute Gasteiger partial charge is 0.480 e. The van der Waals surface area contributed by atoms with Crippen molar-refractivity contribution in [2.24, 2.45) is 23.3 Å². The third-order valence-corrected chi connectivity index (χ3v) is 5.56. The van der Waals surface area contributed by atoms with Crippen LogP contribution in [0.5, 0.6) is 0 Å². The van der Waals surface area contributed by atoms with E-state index in [-0.39, 0.29) is 43.0 Å². The van der Waals surface area contributed by atoms with Crippen LogP contribution in [0, 0.1) is 11.8 Å². The number of aromatic nitrogens is 3. The van der Waals surface area contributed by atoms with Crippen LogP contribution < -0.4 is 22.2 Å². The van der Waals surface area contributed by atoms with E-state index in [9.17, 15) is 14.4 Å². The zero-order chi connectivity index (χ0) is 23.7. The molecule has 0 spiro atoms. The SMILES string of the molecule is CCCCCn1cc(C[C@H](N)C(=O)N[C@H](CC(=O)NN(C)CC(=O)O)[C@H]2C[C@H]2CN)nn1. The first-order chi connectivity index (χ1) is 15.2. The molecular weight excluding hydrogens is 416 g/mol. The summed E-state index contributed by atoms with van der Waals surface area (Å²) in [5.74, 6) is -1.48. The molecule has 180 valence electrons. The molecular formula is C20H36N8O4. The number of nitrogens with two attached hydrogens (primary N) is 2. The number of nitrogens with one attached hydrogen (secondary N) is 2. The lowest BCUT2D eigenvalue weighted by Crippen LogP contribution is -2.50. The molecule has 0 aliphatic heterocycles. The van der Waals surface area contributed by atoms with E-state index in [1.165, 1.54) is 12.1 Å². The second-order valence-corrected chi connectivity index (χ2v) is 8.49. The van der Waals surface area contributed by atoms with Gasteiger partial charge in [0.15, 0.2) is 0 Å². The molecule has 0 aromatic carbocycles. The zero-order valence-electron chi connectivity index (χ0n) is 18.9. The van der Waals surface area contributed by atoms with Crippen LogP contribution in [-0.2, 0) is 27.3 Å². The van der Waals surface area contributed by atoms with E-state index in [1.807, 2.05) is 0 Å². The van der Waals surface area contributed by atoms with Gasteiger partial charge in [0.2, 0.25) is 11.8 Å². The number of aryl methyl sites for hydroxylation is 1. The number of amides is 2. The van der Waals surface area contributed by atoms with Gasteiger partial charge in [-0.3, -0.25) is 24.5 Å². The summed E-state index contributed by atoms with van der Waals surface area (Å²) in [6.45, 7) is 3.05. The van der Waals surface area contributed by atoms with E-state index in [0.717, 1.165) is 32.2 Å². The van der Waals surface area contributed by atoms with E-state index in [4.69, 9.17) is 16.6 Å². The van der Waals surface area contributed by atoms with E-state index in [0.29, 0.717) is 12.2 Å². The Bertz CT molecular complexity index is 771. The predicted molar refractivity (Wildman–Crippen MR) is 117 cm³/mol. The van der Waals surface area contributed by atoms with Crippen molar-refractivity contribution in [3.63, 3.8) is 0 Å². The summed E-state index contributed by atoms with van der Waals surface area (Å²) in [5, 5.41) is 21.1. The maximum absolute atomic E-state index is 12.7. The lowest BCUT2D eigenvalue weighted by Gasteiger charge is -2.22. The fraction of sp³-hybridized carbons (Fsp3) is 0.750. The summed E-state index contributed by atoms with van der Waals surface area (Å²) in [7, 11) is 1.46. The van der Waals surface area contributed by atoms with Crippen molar-refractivity contribution in [1.29, 1.82) is 0 Å². The van der Waals surface area contributed by atoms with Crippen LogP contribution in [0.4, 0.5) is 0 Å². The Balaban J connectivity index is 1.89. The van der Waals surface area contributed by atoms with Gasteiger partial charge < -0.3 is 21.9 Å². The van der Waals surface area contributed by atoms with Crippen molar-refractivity contribution in [2.75, 3.05) is 20.1 Å². The topological polar surface area (TPSA) is 181 Å². The van der Waals surface area contributed by atoms with Gasteiger partial charge in [-0.1, -0.05) is 25.0 Å². The smallest absolute Gasteiger partial charge is 0.319 e. The van der Waals surface area contributed by atoms with Gasteiger partial charge in [0, 0.05) is 38.7 Å². The van der Waals surface area contributed by atoms with E-state index >= 15 is 0 Å². The van der Waals surface area contributed by atoms with Crippen molar-refractivity contribution in [3.05, 3.63) is 11.9 Å². The minimum absolute atomic E-state index is 0.0111. The molecule has 1 saturated carbocycles. The van der Waals surface area contributed by atoms with Crippen LogP contribution in [0.15, 0.2) is 6.20 Å². The Morgan fingerprint density at radius 1 is 1.38 bits per heavy atom. The maximum atomic E-state index is 12.7. The second-order valence-electron chi connectivity index (χ2n) is 8.49. The third-order valence-electron chi connectivity index (χ3n) is 5.56. The quantitative estimate of drug-likeness (QED) is 0.162. The van der Waals surface area contributed by atoms with Gasteiger partial charge in [-0.25, -0.2) is 5.01 Å². The summed E-state index contributed by atoms with van der Waals surface area (Å²) in [6, 6.07) is -1.25. The molecule has 2 rings (SSSR count). The number of hydrazine groups is 1. The number of aliphatic carboxylic acids is 1. The number of rotatable bonds is 15. The van der Waals surface area contributed by atoms with Gasteiger partial charge in [0.25, 0.3) is 0 Å². The molecule has 2 amide bonds. The summed E-state index contributed by atoms with van der Waals surface area (Å²) < 4.78 is 1.76. The molecule has 1 aliphatic carbocycles. The number of carboxylic acids is 1. The number of carbonyl (C=O) groups excluding carboxylic acids is 2. The number of hydrogen-bond donors (Lipinski definition) is 5. The number of likely N-dealkylation sites (N-methyl/N-ethyl adjacent to an activating group) is 1. The summed E-state index contributed by atoms with van der Waals surface area (Å²) in [5.41, 5.74) is 15.0. The molecule has 32 heavy (non-hydrogen) atoms. The highest BCUT2D eigenvalue weighted by Crippen LogP contribution is 2.41. The van der Waals surface area contributed by atoms with Crippen LogP contribution in [0.1, 0.15) is 44.7 Å². The number of nitrogens with zero attached hydrogens (tertiary/aromatic N) is 4. The number of unbranched alkanes of at least 4 members (excludes halogenated alkanes) is 2. The lowest BCUT2D eigenvalue weighted by molar-refractivity contribution is -0.139. The van der Waals surface area contributed by atoms with Crippen LogP contribution in [0.3, 0.4) is 0 Å². The van der Waals surface area contributed by atoms with Gasteiger partial charge in [0.05, 0.1) is 11.7 Å². The van der Waals surface area contributed by atoms with Crippen molar-refractivity contribution in [1.82, 2.24) is 30.7 Å². The Morgan fingerprint density at radius 3 is 2.75 bits per heavy atom. The van der Waals surface area contributed by atoms with Crippen molar-refractivity contribution < 1.29 is 19.5 Å². The lowest BCUT2D eigenvalue weighted by atomic mass is 10.0. The van der Waals surface area contributed by atoms with Crippen molar-refractivity contribution in [3.8, 4) is 0 Å². The monoisotopic (exact) mass is 452 g/mol. The molecule has 12 nitrogen and oxygen atoms in total. The van der Waals surface area contributed by atoms with E-state index in [2.05, 4.69) is 28.0 Å². The molecule has 1 heterocycles. The van der Waals surface area contributed by atoms with Crippen LogP contribution in [0.2, 0.25) is 0 Å². The fourth-order valence-electron chi connectivity index (χ4n) is 3.72. The first-order valence-electron chi connectivity index (χ1n) is 11.1. The first-order valence-corrected chi connectivity index (χ1v) is 11.1. The Labute approximate surface area is 188 Å². The molecule has 12 heteroatoms. The molecule has 7 N–H and O–H groups in total. The minimum Gasteiger partial charge on any atom is -0.480 e. The minimum atomic E-state index is -1.06. The highest BCUT2D eigenvalue weighted by molar-refractivity contribution is 5.83. The van der Waals surface area contributed by atoms with Gasteiger partial charge in [-0.05, 0) is 31.2 Å². The summed E-state index contributed by atoms with van der Waals surface area (Å²) >= 11 is 0. The Kier molecular flexibility index (Phi) is 10.0. The molecule has 1 fully saturated rings. The molecule has 0 saturated heterocycles. The summed E-state index contributed by atoms with van der Waals surface area (Å²) in [6.07, 6.45) is 6.12. The normalized spacial score (nSPS) is 19.4. The van der Waals surface area contributed by atoms with Gasteiger partial charge in [0.1, 0.15) is 6.54 Å². The molecule has 4 atom stereocenters. The third kappa shape index (κ3) is 8.52. The number of hydrogen-bond acceptors (Lipinski definition) is 8. The molecule has 0 bridgehead atoms. The van der Waals surface area contributed by atoms with Crippen LogP contribution >= 0.6 is 0 Å². The molecule has 0 radical (unpaired) electrons. The van der Waals surface area contributed by atoms with Crippen molar-refractivity contribution in [2.45, 2.75) is 64.1 Å². The standard InChI is InChI=1S/C20H36N8O4/c1-3-4-5-6-28-11-14(24-26-28)8-16(22)20(32)23-17(15-7-13(15)10-21)9-18(29)25-27(2)12-19(30)31/h11,13,15-17H,3-10,12,21-22H2,1-2H3,(H,23,32)(H,25,29)(H,30,31)/t13-,15-,16-,17+/m0/s1. The van der Waals surface area contributed by atoms with Crippen molar-refractivity contribution >= 4 is 17.8 Å². The highest BCUT2D eigenvalue weighted by atomic mass is 16.4. The van der Waals surface area contributed by atoms with E-state index in [1.54, 1.807) is 10.9 Å². The van der Waals surface area contributed by atoms with E-state index < -0.39 is 18.1 Å². The second kappa shape index (κ2) is 12.5. The zero-order valence-corrected chi connectivity index (χ0v) is 18.9. The van der Waals surface area contributed by atoms with Gasteiger partial charge in [-0.2, -0.15) is 0 Å². The Hall–Kier alpha value is -2.57. The number of carboxylic acid groups (broad SMARTS) is 1. The predicted octanol–water partition coefficient (Wildman–Crippen LogP) is -1.14. The van der Waals surface area contributed by atoms with Gasteiger partial charge >= 0.3 is 5.97 Å². The van der Waals surface area contributed by atoms with Gasteiger partial charge in [-0.15, -0.1) is 5.10 Å². The molecule has 0 unspecified atom stereocenters. The molecule has 1 aliphatic rings. The number of carbonyl (C=O) groups is 3. The van der Waals surface area contributed by atoms with Crippen LogP contribution in [-0.4, -0.2) is 75.1 Å². The Morgan fingerprint density at radius 2 is 2.12 bits per heavy atom. The summed E-state index contributed by atoms with van der Waals surface area (Å²) in [4.78, 5) is 35.8. The van der Waals surface area contributed by atoms with Crippen LogP contribution in [0.25, 0.3) is 0 Å². The fourth-order valence-corrected chi connectivity index (χ4v) is 3.72. The average Bonchev–Trinajstić information content (AvgIpc) is 3.38. The molecule has 1 aromatic heterocycles.